The topological polar surface area (TPSA) is 78.0 Å². The highest BCUT2D eigenvalue weighted by Gasteiger charge is 2.36. The van der Waals surface area contributed by atoms with Crippen LogP contribution in [0.15, 0.2) is 42.6 Å². The van der Waals surface area contributed by atoms with Crippen LogP contribution in [0.25, 0.3) is 0 Å². The minimum Gasteiger partial charge on any atom is -0.486 e. The van der Waals surface area contributed by atoms with Crippen molar-refractivity contribution in [2.45, 2.75) is 38.9 Å². The van der Waals surface area contributed by atoms with Crippen molar-refractivity contribution >= 4 is 12.1 Å². The molecule has 1 aromatic heterocycles. The Labute approximate surface area is 170 Å². The van der Waals surface area contributed by atoms with Crippen molar-refractivity contribution in [3.8, 4) is 5.75 Å². The summed E-state index contributed by atoms with van der Waals surface area (Å²) in [6, 6.07) is 11.4. The molecule has 1 aliphatic rings. The van der Waals surface area contributed by atoms with Crippen LogP contribution in [0.5, 0.6) is 5.75 Å². The number of benzene rings is 1. The van der Waals surface area contributed by atoms with Gasteiger partial charge in [0, 0.05) is 24.7 Å². The molecular weight excluding hydrogens is 372 g/mol. The molecule has 0 spiro atoms. The molecule has 0 radical (unpaired) electrons. The molecule has 3 rings (SSSR count). The van der Waals surface area contributed by atoms with Gasteiger partial charge in [-0.2, -0.15) is 0 Å². The maximum Gasteiger partial charge on any atom is 0.410 e. The lowest BCUT2D eigenvalue weighted by Gasteiger charge is -2.39. The molecular formula is C22H26N2O5. The minimum atomic E-state index is -0.532. The van der Waals surface area contributed by atoms with E-state index in [0.29, 0.717) is 31.0 Å². The highest BCUT2D eigenvalue weighted by molar-refractivity contribution is 5.92. The molecule has 7 nitrogen and oxygen atoms in total. The van der Waals surface area contributed by atoms with E-state index in [0.717, 1.165) is 11.3 Å². The van der Waals surface area contributed by atoms with Crippen molar-refractivity contribution in [2.24, 2.45) is 0 Å². The van der Waals surface area contributed by atoms with Crippen LogP contribution in [-0.2, 0) is 16.1 Å². The molecule has 1 amide bonds. The Balaban J connectivity index is 1.68. The zero-order chi connectivity index (χ0) is 21.0. The summed E-state index contributed by atoms with van der Waals surface area (Å²) in [4.78, 5) is 30.4. The third kappa shape index (κ3) is 5.25. The fourth-order valence-corrected chi connectivity index (χ4v) is 2.94. The first kappa shape index (κ1) is 20.6. The maximum atomic E-state index is 12.2. The van der Waals surface area contributed by atoms with Gasteiger partial charge in [-0.15, -0.1) is 0 Å². The molecule has 7 heteroatoms. The second-order valence-electron chi connectivity index (χ2n) is 7.95. The third-order valence-corrected chi connectivity index (χ3v) is 4.48. The number of amides is 1. The average molecular weight is 398 g/mol. The highest BCUT2D eigenvalue weighted by Crippen LogP contribution is 2.30. The second-order valence-corrected chi connectivity index (χ2v) is 7.95. The lowest BCUT2D eigenvalue weighted by molar-refractivity contribution is 0.00780. The van der Waals surface area contributed by atoms with Crippen molar-refractivity contribution < 1.29 is 23.8 Å². The van der Waals surface area contributed by atoms with Gasteiger partial charge in [0.25, 0.3) is 0 Å². The molecule has 0 N–H and O–H groups in total. The molecule has 0 atom stereocenters. The van der Waals surface area contributed by atoms with Crippen LogP contribution < -0.4 is 4.74 Å². The van der Waals surface area contributed by atoms with Crippen LogP contribution in [0.3, 0.4) is 0 Å². The van der Waals surface area contributed by atoms with Crippen molar-refractivity contribution in [1.82, 2.24) is 9.88 Å². The van der Waals surface area contributed by atoms with Gasteiger partial charge >= 0.3 is 12.1 Å². The molecule has 0 bridgehead atoms. The summed E-state index contributed by atoms with van der Waals surface area (Å²) in [6.45, 7) is 6.81. The Morgan fingerprint density at radius 2 is 1.86 bits per heavy atom. The second kappa shape index (κ2) is 8.51. The van der Waals surface area contributed by atoms with Gasteiger partial charge in [0.1, 0.15) is 17.8 Å². The molecule has 2 heterocycles. The molecule has 154 valence electrons. The van der Waals surface area contributed by atoms with Crippen LogP contribution >= 0.6 is 0 Å². The first-order chi connectivity index (χ1) is 13.8. The maximum absolute atomic E-state index is 12.2. The van der Waals surface area contributed by atoms with Crippen LogP contribution in [-0.4, -0.2) is 47.7 Å². The number of pyridine rings is 1. The predicted octanol–water partition coefficient (Wildman–Crippen LogP) is 3.78. The van der Waals surface area contributed by atoms with E-state index in [9.17, 15) is 9.59 Å². The molecule has 29 heavy (non-hydrogen) atoms. The molecule has 1 fully saturated rings. The summed E-state index contributed by atoms with van der Waals surface area (Å²) in [5, 5.41) is 0. The van der Waals surface area contributed by atoms with Gasteiger partial charge < -0.3 is 19.1 Å². The Bertz CT molecular complexity index is 871. The van der Waals surface area contributed by atoms with E-state index < -0.39 is 11.6 Å². The largest absolute Gasteiger partial charge is 0.486 e. The van der Waals surface area contributed by atoms with E-state index in [4.69, 9.17) is 14.2 Å². The number of hydrogen-bond acceptors (Lipinski definition) is 6. The lowest BCUT2D eigenvalue weighted by Crippen LogP contribution is -2.50. The molecule has 0 saturated carbocycles. The fraction of sp³-hybridized carbons (Fsp3) is 0.409. The van der Waals surface area contributed by atoms with Crippen molar-refractivity contribution in [3.63, 3.8) is 0 Å². The summed E-state index contributed by atoms with van der Waals surface area (Å²) >= 11 is 0. The van der Waals surface area contributed by atoms with Gasteiger partial charge in [0.15, 0.2) is 5.75 Å². The number of esters is 1. The monoisotopic (exact) mass is 398 g/mol. The number of nitrogens with zero attached hydrogens (tertiary/aromatic N) is 2. The number of aromatic nitrogens is 1. The van der Waals surface area contributed by atoms with Gasteiger partial charge in [0.05, 0.1) is 13.3 Å². The number of carbonyl (C=O) groups excluding carboxylic acids is 2. The third-order valence-electron chi connectivity index (χ3n) is 4.48. The van der Waals surface area contributed by atoms with Crippen LogP contribution in [0.1, 0.15) is 48.3 Å². The quantitative estimate of drug-likeness (QED) is 0.714. The van der Waals surface area contributed by atoms with Gasteiger partial charge in [-0.25, -0.2) is 9.59 Å². The highest BCUT2D eigenvalue weighted by atomic mass is 16.6. The zero-order valence-corrected chi connectivity index (χ0v) is 17.2. The smallest absolute Gasteiger partial charge is 0.410 e. The van der Waals surface area contributed by atoms with Gasteiger partial charge in [-0.1, -0.05) is 30.3 Å². The van der Waals surface area contributed by atoms with E-state index in [2.05, 4.69) is 4.98 Å². The normalized spacial score (nSPS) is 14.1. The number of likely N-dealkylation sites (tertiary alicyclic amines) is 1. The fourth-order valence-electron chi connectivity index (χ4n) is 2.94. The van der Waals surface area contributed by atoms with E-state index in [1.54, 1.807) is 17.2 Å². The Hall–Kier alpha value is -3.09. The molecule has 0 aliphatic carbocycles. The summed E-state index contributed by atoms with van der Waals surface area (Å²) in [6.07, 6.45) is 1.20. The first-order valence-electron chi connectivity index (χ1n) is 9.49. The Morgan fingerprint density at radius 1 is 1.17 bits per heavy atom. The SMILES string of the molecule is COC(=O)c1cc(C2CN(C(=O)OC(C)(C)C)C2)ncc1OCc1ccccc1. The van der Waals surface area contributed by atoms with E-state index in [-0.39, 0.29) is 12.0 Å². The predicted molar refractivity (Wildman–Crippen MR) is 107 cm³/mol. The van der Waals surface area contributed by atoms with Crippen molar-refractivity contribution in [1.29, 1.82) is 0 Å². The van der Waals surface area contributed by atoms with Gasteiger partial charge in [-0.3, -0.25) is 4.98 Å². The molecule has 1 aromatic carbocycles. The molecule has 1 saturated heterocycles. The lowest BCUT2D eigenvalue weighted by atomic mass is 9.95. The minimum absolute atomic E-state index is 0.0362. The number of rotatable bonds is 5. The van der Waals surface area contributed by atoms with Crippen LogP contribution in [0.2, 0.25) is 0 Å². The Kier molecular flexibility index (Phi) is 6.06. The summed E-state index contributed by atoms with van der Waals surface area (Å²) < 4.78 is 16.1. The van der Waals surface area contributed by atoms with Gasteiger partial charge in [0.2, 0.25) is 0 Å². The van der Waals surface area contributed by atoms with E-state index >= 15 is 0 Å². The van der Waals surface area contributed by atoms with Crippen LogP contribution in [0, 0.1) is 0 Å². The average Bonchev–Trinajstić information content (AvgIpc) is 2.64. The molecule has 1 aliphatic heterocycles. The summed E-state index contributed by atoms with van der Waals surface area (Å²) in [7, 11) is 1.33. The van der Waals surface area contributed by atoms with E-state index in [1.165, 1.54) is 7.11 Å². The summed E-state index contributed by atoms with van der Waals surface area (Å²) in [5.41, 5.74) is 1.50. The molecule has 0 unspecified atom stereocenters. The standard InChI is InChI=1S/C22H26N2O5/c1-22(2,3)29-21(26)24-12-16(13-24)18-10-17(20(25)27-4)19(11-23-18)28-14-15-8-6-5-7-9-15/h5-11,16H,12-14H2,1-4H3. The number of ether oxygens (including phenoxy) is 3. The van der Waals surface area contributed by atoms with Crippen molar-refractivity contribution in [3.05, 3.63) is 59.4 Å². The zero-order valence-electron chi connectivity index (χ0n) is 17.2. The number of hydrogen-bond donors (Lipinski definition) is 0. The van der Waals surface area contributed by atoms with Crippen LogP contribution in [0.4, 0.5) is 4.79 Å². The van der Waals surface area contributed by atoms with Gasteiger partial charge in [-0.05, 0) is 32.4 Å². The first-order valence-corrected chi connectivity index (χ1v) is 9.49. The Morgan fingerprint density at radius 3 is 2.48 bits per heavy atom. The number of carbonyl (C=O) groups is 2. The number of methoxy groups -OCH3 is 1. The van der Waals surface area contributed by atoms with Crippen molar-refractivity contribution in [2.75, 3.05) is 20.2 Å². The molecule has 2 aromatic rings. The van der Waals surface area contributed by atoms with E-state index in [1.807, 2.05) is 51.1 Å². The summed E-state index contributed by atoms with van der Waals surface area (Å²) in [5.74, 6) is -0.0816.